The fourth-order valence-electron chi connectivity index (χ4n) is 2.72. The summed E-state index contributed by atoms with van der Waals surface area (Å²) in [6.45, 7) is 6.29. The molecule has 2 N–H and O–H groups in total. The number of hydrogen-bond acceptors (Lipinski definition) is 2. The molecule has 0 radical (unpaired) electrons. The van der Waals surface area contributed by atoms with Crippen molar-refractivity contribution in [3.05, 3.63) is 23.8 Å². The van der Waals surface area contributed by atoms with Crippen LogP contribution in [0.3, 0.4) is 0 Å². The minimum absolute atomic E-state index is 0.0124. The molecule has 0 heterocycles. The summed E-state index contributed by atoms with van der Waals surface area (Å²) in [5, 5.41) is 5.90. The maximum atomic E-state index is 12.1. The quantitative estimate of drug-likeness (QED) is 0.469. The van der Waals surface area contributed by atoms with Gasteiger partial charge in [-0.25, -0.2) is 0 Å². The average Bonchev–Trinajstić information content (AvgIpc) is 2.58. The first-order valence-electron chi connectivity index (χ1n) is 9.77. The van der Waals surface area contributed by atoms with Gasteiger partial charge in [0.1, 0.15) is 0 Å². The summed E-state index contributed by atoms with van der Waals surface area (Å²) in [7, 11) is 0. The predicted octanol–water partition coefficient (Wildman–Crippen LogP) is 5.81. The van der Waals surface area contributed by atoms with E-state index in [0.29, 0.717) is 24.2 Å². The number of aryl methyl sites for hydroxylation is 1. The van der Waals surface area contributed by atoms with E-state index in [2.05, 4.69) is 24.5 Å². The van der Waals surface area contributed by atoms with Crippen molar-refractivity contribution < 1.29 is 9.59 Å². The van der Waals surface area contributed by atoms with Crippen molar-refractivity contribution in [2.24, 2.45) is 0 Å². The van der Waals surface area contributed by atoms with Crippen LogP contribution in [0.2, 0.25) is 0 Å². The number of hydrogen-bond donors (Lipinski definition) is 2. The first-order chi connectivity index (χ1) is 12.1. The van der Waals surface area contributed by atoms with Crippen LogP contribution >= 0.6 is 0 Å². The molecule has 0 aromatic heterocycles. The number of rotatable bonds is 12. The van der Waals surface area contributed by atoms with Gasteiger partial charge in [0, 0.05) is 12.8 Å². The molecule has 0 fully saturated rings. The Morgan fingerprint density at radius 1 is 0.760 bits per heavy atom. The zero-order valence-corrected chi connectivity index (χ0v) is 16.1. The molecule has 4 heteroatoms. The van der Waals surface area contributed by atoms with Gasteiger partial charge in [-0.1, -0.05) is 58.4 Å². The number of benzene rings is 1. The molecule has 0 unspecified atom stereocenters. The fraction of sp³-hybridized carbons (Fsp3) is 0.619. The van der Waals surface area contributed by atoms with Crippen molar-refractivity contribution in [3.63, 3.8) is 0 Å². The number of amides is 2. The largest absolute Gasteiger partial charge is 0.324 e. The first kappa shape index (κ1) is 21.2. The molecule has 140 valence electrons. The Balaban J connectivity index is 2.56. The van der Waals surface area contributed by atoms with Crippen LogP contribution in [0.4, 0.5) is 11.4 Å². The topological polar surface area (TPSA) is 58.2 Å². The summed E-state index contributed by atoms with van der Waals surface area (Å²) in [5.74, 6) is 0.0264. The molecule has 0 bridgehead atoms. The molecule has 0 saturated carbocycles. The van der Waals surface area contributed by atoms with Crippen LogP contribution in [-0.2, 0) is 9.59 Å². The third-order valence-electron chi connectivity index (χ3n) is 4.24. The maximum Gasteiger partial charge on any atom is 0.224 e. The summed E-state index contributed by atoms with van der Waals surface area (Å²) in [5.41, 5.74) is 2.44. The first-order valence-corrected chi connectivity index (χ1v) is 9.77. The third-order valence-corrected chi connectivity index (χ3v) is 4.24. The van der Waals surface area contributed by atoms with Gasteiger partial charge in [-0.05, 0) is 37.5 Å². The van der Waals surface area contributed by atoms with Gasteiger partial charge in [0.2, 0.25) is 11.8 Å². The molecule has 0 aliphatic rings. The summed E-state index contributed by atoms with van der Waals surface area (Å²) >= 11 is 0. The Kier molecular flexibility index (Phi) is 10.6. The number of unbranched alkanes of at least 4 members (excludes halogenated alkanes) is 6. The van der Waals surface area contributed by atoms with E-state index >= 15 is 0 Å². The smallest absolute Gasteiger partial charge is 0.224 e. The SMILES string of the molecule is CCCCCCC(=O)Nc1ccc(C)cc1NC(=O)CCCCCC. The van der Waals surface area contributed by atoms with Crippen molar-refractivity contribution in [1.29, 1.82) is 0 Å². The van der Waals surface area contributed by atoms with Crippen LogP contribution in [0.15, 0.2) is 18.2 Å². The van der Waals surface area contributed by atoms with E-state index in [9.17, 15) is 9.59 Å². The van der Waals surface area contributed by atoms with E-state index in [4.69, 9.17) is 0 Å². The van der Waals surface area contributed by atoms with Crippen molar-refractivity contribution in [1.82, 2.24) is 0 Å². The normalized spacial score (nSPS) is 10.5. The van der Waals surface area contributed by atoms with Crippen molar-refractivity contribution in [3.8, 4) is 0 Å². The molecule has 25 heavy (non-hydrogen) atoms. The Morgan fingerprint density at radius 2 is 1.28 bits per heavy atom. The molecule has 1 rings (SSSR count). The second kappa shape index (κ2) is 12.5. The highest BCUT2D eigenvalue weighted by molar-refractivity contribution is 5.99. The Hall–Kier alpha value is -1.84. The van der Waals surface area contributed by atoms with Gasteiger partial charge in [-0.3, -0.25) is 9.59 Å². The van der Waals surface area contributed by atoms with E-state index in [1.54, 1.807) is 0 Å². The van der Waals surface area contributed by atoms with Gasteiger partial charge < -0.3 is 10.6 Å². The van der Waals surface area contributed by atoms with Gasteiger partial charge in [0.25, 0.3) is 0 Å². The van der Waals surface area contributed by atoms with Crippen molar-refractivity contribution >= 4 is 23.2 Å². The summed E-state index contributed by atoms with van der Waals surface area (Å²) in [6.07, 6.45) is 9.68. The molecule has 2 amide bonds. The van der Waals surface area contributed by atoms with Gasteiger partial charge in [-0.15, -0.1) is 0 Å². The van der Waals surface area contributed by atoms with E-state index in [0.717, 1.165) is 56.9 Å². The van der Waals surface area contributed by atoms with Crippen LogP contribution in [0, 0.1) is 6.92 Å². The lowest BCUT2D eigenvalue weighted by molar-refractivity contribution is -0.117. The minimum Gasteiger partial charge on any atom is -0.324 e. The Bertz CT molecular complexity index is 541. The lowest BCUT2D eigenvalue weighted by Crippen LogP contribution is -2.16. The highest BCUT2D eigenvalue weighted by atomic mass is 16.2. The minimum atomic E-state index is 0.0124. The van der Waals surface area contributed by atoms with Crippen LogP contribution in [0.5, 0.6) is 0 Å². The second-order valence-electron chi connectivity index (χ2n) is 6.77. The van der Waals surface area contributed by atoms with E-state index in [1.807, 2.05) is 25.1 Å². The standard InChI is InChI=1S/C21H34N2O2/c1-4-6-8-10-12-20(24)22-18-15-14-17(3)16-19(18)23-21(25)13-11-9-7-5-2/h14-16H,4-13H2,1-3H3,(H,22,24)(H,23,25). The summed E-state index contributed by atoms with van der Waals surface area (Å²) < 4.78 is 0. The van der Waals surface area contributed by atoms with Crippen molar-refractivity contribution in [2.75, 3.05) is 10.6 Å². The van der Waals surface area contributed by atoms with Crippen LogP contribution in [-0.4, -0.2) is 11.8 Å². The summed E-state index contributed by atoms with van der Waals surface area (Å²) in [4.78, 5) is 24.3. The molecule has 0 aliphatic carbocycles. The second-order valence-corrected chi connectivity index (χ2v) is 6.77. The van der Waals surface area contributed by atoms with E-state index in [-0.39, 0.29) is 11.8 Å². The van der Waals surface area contributed by atoms with E-state index < -0.39 is 0 Å². The lowest BCUT2D eigenvalue weighted by Gasteiger charge is -2.13. The number of anilines is 2. The Morgan fingerprint density at radius 3 is 1.80 bits per heavy atom. The zero-order chi connectivity index (χ0) is 18.5. The average molecular weight is 347 g/mol. The fourth-order valence-corrected chi connectivity index (χ4v) is 2.72. The third kappa shape index (κ3) is 9.28. The lowest BCUT2D eigenvalue weighted by atomic mass is 10.1. The Labute approximate surface area is 152 Å². The molecule has 1 aromatic carbocycles. The predicted molar refractivity (Wildman–Crippen MR) is 106 cm³/mol. The number of carbonyl (C=O) groups excluding carboxylic acids is 2. The molecular formula is C21H34N2O2. The van der Waals surface area contributed by atoms with Gasteiger partial charge >= 0.3 is 0 Å². The maximum absolute atomic E-state index is 12.1. The van der Waals surface area contributed by atoms with Gasteiger partial charge in [0.05, 0.1) is 11.4 Å². The number of nitrogens with one attached hydrogen (secondary N) is 2. The van der Waals surface area contributed by atoms with E-state index in [1.165, 1.54) is 0 Å². The molecular weight excluding hydrogens is 312 g/mol. The highest BCUT2D eigenvalue weighted by Gasteiger charge is 2.10. The summed E-state index contributed by atoms with van der Waals surface area (Å²) in [6, 6.07) is 5.73. The molecule has 4 nitrogen and oxygen atoms in total. The van der Waals surface area contributed by atoms with Crippen LogP contribution in [0.1, 0.15) is 83.6 Å². The molecule has 1 aromatic rings. The van der Waals surface area contributed by atoms with Crippen molar-refractivity contribution in [2.45, 2.75) is 85.0 Å². The molecule has 0 aliphatic heterocycles. The zero-order valence-electron chi connectivity index (χ0n) is 16.1. The van der Waals surface area contributed by atoms with Crippen LogP contribution < -0.4 is 10.6 Å². The highest BCUT2D eigenvalue weighted by Crippen LogP contribution is 2.24. The molecule has 0 saturated heterocycles. The van der Waals surface area contributed by atoms with Gasteiger partial charge in [-0.2, -0.15) is 0 Å². The monoisotopic (exact) mass is 346 g/mol. The number of carbonyl (C=O) groups is 2. The van der Waals surface area contributed by atoms with Crippen LogP contribution in [0.25, 0.3) is 0 Å². The van der Waals surface area contributed by atoms with Gasteiger partial charge in [0.15, 0.2) is 0 Å². The molecule has 0 spiro atoms. The molecule has 0 atom stereocenters.